The highest BCUT2D eigenvalue weighted by atomic mass is 32.2. The number of rotatable bonds is 8. The summed E-state index contributed by atoms with van der Waals surface area (Å²) in [6, 6.07) is 7.70. The normalized spacial score (nSPS) is 13.0. The summed E-state index contributed by atoms with van der Waals surface area (Å²) in [6.45, 7) is -0.779. The first-order valence-corrected chi connectivity index (χ1v) is 12.9. The Labute approximate surface area is 224 Å². The lowest BCUT2D eigenvalue weighted by atomic mass is 10.1. The van der Waals surface area contributed by atoms with E-state index < -0.39 is 68.6 Å². The Morgan fingerprint density at radius 1 is 0.927 bits per heavy atom. The Hall–Kier alpha value is -4.22. The highest BCUT2D eigenvalue weighted by Crippen LogP contribution is 2.36. The number of ether oxygens (including phenoxy) is 2. The Bertz CT molecular complexity index is 1760. The molecule has 41 heavy (non-hydrogen) atoms. The second kappa shape index (κ2) is 10.3. The number of pyridine rings is 2. The minimum Gasteiger partial charge on any atom is -0.485 e. The van der Waals surface area contributed by atoms with Gasteiger partial charge in [-0.15, -0.1) is 18.3 Å². The molecular weight excluding hydrogens is 596 g/mol. The molecule has 0 saturated heterocycles. The molecule has 9 nitrogen and oxygen atoms in total. The third-order valence-electron chi connectivity index (χ3n) is 5.47. The van der Waals surface area contributed by atoms with Gasteiger partial charge in [-0.2, -0.15) is 26.6 Å². The fourth-order valence-electron chi connectivity index (χ4n) is 3.45. The van der Waals surface area contributed by atoms with Gasteiger partial charge in [0.05, 0.1) is 11.9 Å². The minimum atomic E-state index is -5.87. The number of alkyl halides is 8. The van der Waals surface area contributed by atoms with Crippen LogP contribution >= 0.6 is 0 Å². The molecule has 0 atom stereocenters. The Morgan fingerprint density at radius 2 is 1.63 bits per heavy atom. The van der Waals surface area contributed by atoms with Gasteiger partial charge < -0.3 is 9.47 Å². The van der Waals surface area contributed by atoms with E-state index in [1.54, 1.807) is 0 Å². The average molecular weight is 612 g/mol. The van der Waals surface area contributed by atoms with Crippen molar-refractivity contribution in [2.45, 2.75) is 30.3 Å². The summed E-state index contributed by atoms with van der Waals surface area (Å²) in [6.07, 6.45) is -9.00. The molecule has 0 bridgehead atoms. The van der Waals surface area contributed by atoms with Crippen LogP contribution in [-0.2, 0) is 9.84 Å². The van der Waals surface area contributed by atoms with E-state index in [1.165, 1.54) is 19.1 Å². The molecule has 3 aromatic heterocycles. The van der Waals surface area contributed by atoms with E-state index in [-0.39, 0.29) is 16.8 Å². The van der Waals surface area contributed by atoms with Gasteiger partial charge in [0.1, 0.15) is 16.4 Å². The number of hydrogen-bond acceptors (Lipinski definition) is 7. The van der Waals surface area contributed by atoms with Gasteiger partial charge in [0.25, 0.3) is 0 Å². The summed E-state index contributed by atoms with van der Waals surface area (Å²) in [7, 11) is -4.15. The molecule has 3 heterocycles. The molecule has 4 rings (SSSR count). The number of aromatic nitrogens is 4. The maximum atomic E-state index is 13.2. The zero-order valence-corrected chi connectivity index (χ0v) is 21.2. The zero-order chi connectivity index (χ0) is 30.4. The number of nitrogens with zero attached hydrogens (tertiary/aromatic N) is 4. The lowest BCUT2D eigenvalue weighted by Crippen LogP contribution is -2.41. The van der Waals surface area contributed by atoms with E-state index in [4.69, 9.17) is 0 Å². The van der Waals surface area contributed by atoms with Crippen LogP contribution < -0.4 is 15.2 Å². The van der Waals surface area contributed by atoms with Crippen LogP contribution in [0.1, 0.15) is 6.92 Å². The van der Waals surface area contributed by atoms with Crippen molar-refractivity contribution in [2.75, 3.05) is 12.4 Å². The molecule has 0 radical (unpaired) electrons. The molecule has 18 heteroatoms. The van der Waals surface area contributed by atoms with E-state index in [0.29, 0.717) is 9.08 Å². The quantitative estimate of drug-likeness (QED) is 0.263. The lowest BCUT2D eigenvalue weighted by Gasteiger charge is -2.19. The van der Waals surface area contributed by atoms with Crippen molar-refractivity contribution in [1.29, 1.82) is 0 Å². The van der Waals surface area contributed by atoms with Gasteiger partial charge in [-0.25, -0.2) is 22.6 Å². The van der Waals surface area contributed by atoms with Crippen molar-refractivity contribution >= 4 is 15.5 Å². The predicted molar refractivity (Wildman–Crippen MR) is 125 cm³/mol. The number of benzene rings is 1. The van der Waals surface area contributed by atoms with Crippen molar-refractivity contribution in [3.05, 3.63) is 65.3 Å². The van der Waals surface area contributed by atoms with Gasteiger partial charge in [0.2, 0.25) is 0 Å². The third-order valence-corrected chi connectivity index (χ3v) is 7.20. The molecule has 0 N–H and O–H groups in total. The van der Waals surface area contributed by atoms with Crippen LogP contribution in [0.15, 0.2) is 64.5 Å². The molecule has 0 spiro atoms. The summed E-state index contributed by atoms with van der Waals surface area (Å²) in [5.41, 5.74) is -1.11. The predicted octanol–water partition coefficient (Wildman–Crippen LogP) is 4.82. The van der Waals surface area contributed by atoms with Gasteiger partial charge in [0.15, 0.2) is 27.9 Å². The van der Waals surface area contributed by atoms with Crippen molar-refractivity contribution in [3.63, 3.8) is 0 Å². The van der Waals surface area contributed by atoms with E-state index in [9.17, 15) is 48.3 Å². The van der Waals surface area contributed by atoms with Crippen molar-refractivity contribution < 1.29 is 53.0 Å². The van der Waals surface area contributed by atoms with Crippen LogP contribution in [0.25, 0.3) is 22.6 Å². The fourth-order valence-corrected chi connectivity index (χ4v) is 4.48. The SMILES string of the molecule is CCS(=O)(=O)c1cc(-c2cccc(OC(F)(F)F)c2)cnc1-n1nc2ccc(OCC(F)(F)C(F)(F)F)cn2c1=O. The van der Waals surface area contributed by atoms with E-state index in [2.05, 4.69) is 19.6 Å². The monoisotopic (exact) mass is 612 g/mol. The number of fused-ring (bicyclic) bond motifs is 1. The van der Waals surface area contributed by atoms with Crippen molar-refractivity contribution in [2.24, 2.45) is 0 Å². The zero-order valence-electron chi connectivity index (χ0n) is 20.4. The Balaban J connectivity index is 1.77. The van der Waals surface area contributed by atoms with Crippen LogP contribution in [0.3, 0.4) is 0 Å². The highest BCUT2D eigenvalue weighted by molar-refractivity contribution is 7.91. The first kappa shape index (κ1) is 29.8. The number of hydrogen-bond donors (Lipinski definition) is 0. The second-order valence-corrected chi connectivity index (χ2v) is 10.5. The van der Waals surface area contributed by atoms with Crippen LogP contribution in [0.4, 0.5) is 35.1 Å². The molecule has 0 aliphatic rings. The maximum absolute atomic E-state index is 13.2. The van der Waals surface area contributed by atoms with Gasteiger partial charge >= 0.3 is 24.2 Å². The standard InChI is InChI=1S/C23H16F8N4O5S/c1-2-41(37,38)17-9-14(13-4-3-5-15(8-13)40-23(29,30)31)10-32-19(17)35-20(36)34-11-16(6-7-18(34)33-35)39-12-21(24,25)22(26,27)28/h3-11H,2,12H2,1H3. The van der Waals surface area contributed by atoms with Crippen LogP contribution in [0, 0.1) is 0 Å². The summed E-state index contributed by atoms with van der Waals surface area (Å²) in [4.78, 5) is 16.5. The highest BCUT2D eigenvalue weighted by Gasteiger charge is 2.58. The van der Waals surface area contributed by atoms with Gasteiger partial charge in [0, 0.05) is 11.8 Å². The summed E-state index contributed by atoms with van der Waals surface area (Å²) >= 11 is 0. The first-order chi connectivity index (χ1) is 18.9. The second-order valence-electron chi connectivity index (χ2n) is 8.30. The lowest BCUT2D eigenvalue weighted by molar-refractivity contribution is -0.290. The largest absolute Gasteiger partial charge is 0.573 e. The number of halogens is 8. The van der Waals surface area contributed by atoms with Crippen LogP contribution in [0.2, 0.25) is 0 Å². The van der Waals surface area contributed by atoms with Gasteiger partial charge in [-0.3, -0.25) is 0 Å². The summed E-state index contributed by atoms with van der Waals surface area (Å²) in [5.74, 6) is -7.28. The molecule has 0 fully saturated rings. The van der Waals surface area contributed by atoms with Crippen LogP contribution in [0.5, 0.6) is 11.5 Å². The maximum Gasteiger partial charge on any atom is 0.573 e. The Morgan fingerprint density at radius 3 is 2.27 bits per heavy atom. The average Bonchev–Trinajstić information content (AvgIpc) is 3.21. The molecule has 220 valence electrons. The Kier molecular flexibility index (Phi) is 7.49. The third kappa shape index (κ3) is 6.26. The molecule has 0 aliphatic heterocycles. The molecule has 0 amide bonds. The summed E-state index contributed by atoms with van der Waals surface area (Å²) < 4.78 is 137. The summed E-state index contributed by atoms with van der Waals surface area (Å²) in [5, 5.41) is 3.95. The van der Waals surface area contributed by atoms with E-state index in [1.807, 2.05) is 0 Å². The van der Waals surface area contributed by atoms with Gasteiger partial charge in [-0.05, 0) is 35.9 Å². The molecule has 0 unspecified atom stereocenters. The first-order valence-electron chi connectivity index (χ1n) is 11.2. The topological polar surface area (TPSA) is 105 Å². The van der Waals surface area contributed by atoms with Gasteiger partial charge in [-0.1, -0.05) is 19.1 Å². The molecular formula is C23H16F8N4O5S. The minimum absolute atomic E-state index is 0.0477. The molecule has 0 saturated carbocycles. The van der Waals surface area contributed by atoms with Crippen molar-refractivity contribution in [1.82, 2.24) is 19.2 Å². The molecule has 4 aromatic rings. The number of sulfone groups is 1. The van der Waals surface area contributed by atoms with E-state index >= 15 is 0 Å². The molecule has 1 aromatic carbocycles. The smallest absolute Gasteiger partial charge is 0.485 e. The van der Waals surface area contributed by atoms with Crippen molar-refractivity contribution in [3.8, 4) is 28.4 Å². The molecule has 0 aliphatic carbocycles. The fraction of sp³-hybridized carbons (Fsp3) is 0.261. The van der Waals surface area contributed by atoms with E-state index in [0.717, 1.165) is 42.7 Å². The van der Waals surface area contributed by atoms with Crippen LogP contribution in [-0.4, -0.2) is 58.4 Å².